The Hall–Kier alpha value is -1.95. The highest BCUT2D eigenvalue weighted by atomic mass is 16.3. The second kappa shape index (κ2) is 6.44. The maximum atomic E-state index is 9.01. The molecule has 1 saturated heterocycles. The van der Waals surface area contributed by atoms with Crippen LogP contribution in [-0.4, -0.2) is 45.0 Å². The molecule has 3 rings (SSSR count). The first kappa shape index (κ1) is 15.0. The van der Waals surface area contributed by atoms with Gasteiger partial charge < -0.3 is 10.0 Å². The predicted octanol–water partition coefficient (Wildman–Crippen LogP) is 1.74. The zero-order chi connectivity index (χ0) is 15.5. The second-order valence-electron chi connectivity index (χ2n) is 6.03. The van der Waals surface area contributed by atoms with E-state index in [0.29, 0.717) is 12.3 Å². The Labute approximate surface area is 130 Å². The van der Waals surface area contributed by atoms with Gasteiger partial charge in [-0.3, -0.25) is 5.10 Å². The minimum Gasteiger partial charge on any atom is -0.396 e. The largest absolute Gasteiger partial charge is 0.396 e. The normalized spacial score (nSPS) is 18.7. The molecule has 0 aliphatic carbocycles. The number of aryl methyl sites for hydroxylation is 2. The van der Waals surface area contributed by atoms with Gasteiger partial charge in [-0.05, 0) is 38.8 Å². The van der Waals surface area contributed by atoms with Crippen LogP contribution in [0, 0.1) is 13.8 Å². The summed E-state index contributed by atoms with van der Waals surface area (Å²) in [4.78, 5) is 11.4. The number of hydrogen-bond acceptors (Lipinski definition) is 5. The molecule has 22 heavy (non-hydrogen) atoms. The first-order valence-corrected chi connectivity index (χ1v) is 7.88. The van der Waals surface area contributed by atoms with Crippen LogP contribution in [0.25, 0.3) is 0 Å². The molecular formula is C16H23N5O. The Balaban J connectivity index is 1.75. The number of hydrogen-bond donors (Lipinski definition) is 2. The molecule has 1 aliphatic rings. The number of piperidine rings is 1. The maximum absolute atomic E-state index is 9.01. The highest BCUT2D eigenvalue weighted by Crippen LogP contribution is 2.28. The maximum Gasteiger partial charge on any atom is 0.225 e. The Bertz CT molecular complexity index is 619. The Morgan fingerprint density at radius 1 is 1.27 bits per heavy atom. The second-order valence-corrected chi connectivity index (χ2v) is 6.03. The number of rotatable bonds is 4. The molecule has 0 radical (unpaired) electrons. The standard InChI is InChI=1S/C16H23N5O/c1-11-8-12(2)18-16(17-11)21-6-3-4-13(10-21)15-9-14(5-7-22)19-20-15/h8-9,13,22H,3-7,10H2,1-2H3,(H,19,20). The van der Waals surface area contributed by atoms with E-state index in [-0.39, 0.29) is 6.61 Å². The van der Waals surface area contributed by atoms with Crippen molar-refractivity contribution in [1.29, 1.82) is 0 Å². The summed E-state index contributed by atoms with van der Waals surface area (Å²) in [6, 6.07) is 4.08. The van der Waals surface area contributed by atoms with Gasteiger partial charge in [-0.2, -0.15) is 5.10 Å². The van der Waals surface area contributed by atoms with E-state index < -0.39 is 0 Å². The fraction of sp³-hybridized carbons (Fsp3) is 0.562. The summed E-state index contributed by atoms with van der Waals surface area (Å²) in [5.74, 6) is 1.22. The molecule has 0 spiro atoms. The predicted molar refractivity (Wildman–Crippen MR) is 85.1 cm³/mol. The Morgan fingerprint density at radius 3 is 2.77 bits per heavy atom. The van der Waals surface area contributed by atoms with Gasteiger partial charge in [-0.25, -0.2) is 9.97 Å². The zero-order valence-corrected chi connectivity index (χ0v) is 13.2. The summed E-state index contributed by atoms with van der Waals surface area (Å²) < 4.78 is 0. The van der Waals surface area contributed by atoms with Gasteiger partial charge in [0.25, 0.3) is 0 Å². The van der Waals surface area contributed by atoms with Crippen LogP contribution in [0.4, 0.5) is 5.95 Å². The monoisotopic (exact) mass is 301 g/mol. The van der Waals surface area contributed by atoms with Gasteiger partial charge in [0.2, 0.25) is 5.95 Å². The summed E-state index contributed by atoms with van der Waals surface area (Å²) in [6.45, 7) is 6.05. The van der Waals surface area contributed by atoms with Crippen LogP contribution in [0.15, 0.2) is 12.1 Å². The van der Waals surface area contributed by atoms with Crippen molar-refractivity contribution >= 4 is 5.95 Å². The van der Waals surface area contributed by atoms with E-state index in [4.69, 9.17) is 5.11 Å². The summed E-state index contributed by atoms with van der Waals surface area (Å²) in [5, 5.41) is 16.4. The van der Waals surface area contributed by atoms with Crippen LogP contribution >= 0.6 is 0 Å². The SMILES string of the molecule is Cc1cc(C)nc(N2CCCC(c3cc(CCO)[nH]n3)C2)n1. The van der Waals surface area contributed by atoms with Crippen molar-refractivity contribution < 1.29 is 5.11 Å². The van der Waals surface area contributed by atoms with Gasteiger partial charge in [0.05, 0.1) is 5.69 Å². The summed E-state index contributed by atoms with van der Waals surface area (Å²) in [6.07, 6.45) is 2.87. The average Bonchev–Trinajstić information content (AvgIpc) is 2.95. The van der Waals surface area contributed by atoms with E-state index in [9.17, 15) is 0 Å². The third-order valence-corrected chi connectivity index (χ3v) is 4.12. The lowest BCUT2D eigenvalue weighted by Gasteiger charge is -2.32. The quantitative estimate of drug-likeness (QED) is 0.899. The van der Waals surface area contributed by atoms with E-state index in [0.717, 1.165) is 54.7 Å². The van der Waals surface area contributed by atoms with Crippen LogP contribution in [0.3, 0.4) is 0 Å². The van der Waals surface area contributed by atoms with Crippen molar-refractivity contribution in [3.05, 3.63) is 34.9 Å². The van der Waals surface area contributed by atoms with E-state index >= 15 is 0 Å². The lowest BCUT2D eigenvalue weighted by atomic mass is 9.95. The molecule has 2 aromatic rings. The number of H-pyrrole nitrogens is 1. The molecule has 2 aromatic heterocycles. The average molecular weight is 301 g/mol. The van der Waals surface area contributed by atoms with Gasteiger partial charge in [0.1, 0.15) is 0 Å². The molecule has 1 aliphatic heterocycles. The fourth-order valence-corrected chi connectivity index (χ4v) is 3.09. The number of nitrogens with one attached hydrogen (secondary N) is 1. The van der Waals surface area contributed by atoms with Gasteiger partial charge in [-0.15, -0.1) is 0 Å². The van der Waals surface area contributed by atoms with Crippen LogP contribution in [0.2, 0.25) is 0 Å². The van der Waals surface area contributed by atoms with Crippen molar-refractivity contribution in [2.75, 3.05) is 24.6 Å². The molecule has 6 nitrogen and oxygen atoms in total. The topological polar surface area (TPSA) is 77.9 Å². The first-order valence-electron chi connectivity index (χ1n) is 7.88. The van der Waals surface area contributed by atoms with Gasteiger partial charge in [-0.1, -0.05) is 0 Å². The van der Waals surface area contributed by atoms with Crippen LogP contribution in [0.5, 0.6) is 0 Å². The molecule has 0 aromatic carbocycles. The molecule has 1 unspecified atom stereocenters. The molecule has 118 valence electrons. The molecule has 1 fully saturated rings. The number of aromatic amines is 1. The Morgan fingerprint density at radius 2 is 2.05 bits per heavy atom. The molecule has 2 N–H and O–H groups in total. The molecule has 6 heteroatoms. The van der Waals surface area contributed by atoms with E-state index in [1.807, 2.05) is 19.9 Å². The van der Waals surface area contributed by atoms with E-state index in [1.165, 1.54) is 0 Å². The number of aromatic nitrogens is 4. The van der Waals surface area contributed by atoms with Crippen molar-refractivity contribution in [1.82, 2.24) is 20.2 Å². The molecule has 0 bridgehead atoms. The third kappa shape index (κ3) is 3.27. The number of aliphatic hydroxyl groups is 1. The zero-order valence-electron chi connectivity index (χ0n) is 13.2. The Kier molecular flexibility index (Phi) is 4.38. The summed E-state index contributed by atoms with van der Waals surface area (Å²) >= 11 is 0. The fourth-order valence-electron chi connectivity index (χ4n) is 3.09. The van der Waals surface area contributed by atoms with E-state index in [2.05, 4.69) is 31.1 Å². The lowest BCUT2D eigenvalue weighted by molar-refractivity contribution is 0.298. The van der Waals surface area contributed by atoms with Crippen molar-refractivity contribution in [3.8, 4) is 0 Å². The summed E-state index contributed by atoms with van der Waals surface area (Å²) in [7, 11) is 0. The number of nitrogens with zero attached hydrogens (tertiary/aromatic N) is 4. The van der Waals surface area contributed by atoms with Crippen LogP contribution < -0.4 is 4.90 Å². The van der Waals surface area contributed by atoms with Crippen LogP contribution in [-0.2, 0) is 6.42 Å². The van der Waals surface area contributed by atoms with Gasteiger partial charge in [0, 0.05) is 49.1 Å². The third-order valence-electron chi connectivity index (χ3n) is 4.12. The molecular weight excluding hydrogens is 278 g/mol. The van der Waals surface area contributed by atoms with Crippen molar-refractivity contribution in [2.45, 2.75) is 39.0 Å². The van der Waals surface area contributed by atoms with E-state index in [1.54, 1.807) is 0 Å². The smallest absolute Gasteiger partial charge is 0.225 e. The lowest BCUT2D eigenvalue weighted by Crippen LogP contribution is -2.35. The van der Waals surface area contributed by atoms with Gasteiger partial charge >= 0.3 is 0 Å². The minimum atomic E-state index is 0.148. The summed E-state index contributed by atoms with van der Waals surface area (Å²) in [5.41, 5.74) is 4.10. The minimum absolute atomic E-state index is 0.148. The number of anilines is 1. The van der Waals surface area contributed by atoms with Crippen LogP contribution in [0.1, 0.15) is 41.5 Å². The van der Waals surface area contributed by atoms with Crippen molar-refractivity contribution in [3.63, 3.8) is 0 Å². The molecule has 3 heterocycles. The highest BCUT2D eigenvalue weighted by Gasteiger charge is 2.25. The number of aliphatic hydroxyl groups excluding tert-OH is 1. The highest BCUT2D eigenvalue weighted by molar-refractivity contribution is 5.34. The first-order chi connectivity index (χ1) is 10.7. The molecule has 0 amide bonds. The van der Waals surface area contributed by atoms with Crippen molar-refractivity contribution in [2.24, 2.45) is 0 Å². The van der Waals surface area contributed by atoms with Gasteiger partial charge in [0.15, 0.2) is 0 Å². The molecule has 0 saturated carbocycles. The molecule has 1 atom stereocenters.